The molecule has 0 aliphatic rings. The number of hydrogen-bond acceptors (Lipinski definition) is 2. The summed E-state index contributed by atoms with van der Waals surface area (Å²) in [6.07, 6.45) is 0. The van der Waals surface area contributed by atoms with Gasteiger partial charge < -0.3 is 9.32 Å². The molecule has 11 aromatic rings. The molecule has 0 saturated heterocycles. The summed E-state index contributed by atoms with van der Waals surface area (Å²) >= 11 is 0. The molecular formula is C58H39NO. The van der Waals surface area contributed by atoms with E-state index in [4.69, 9.17) is 4.42 Å². The number of anilines is 3. The number of rotatable bonds is 8. The Hall–Kier alpha value is -7.94. The Balaban J connectivity index is 1.02. The molecule has 2 heteroatoms. The Morgan fingerprint density at radius 2 is 0.800 bits per heavy atom. The first-order valence-electron chi connectivity index (χ1n) is 20.5. The second kappa shape index (κ2) is 15.1. The van der Waals surface area contributed by atoms with Crippen LogP contribution in [0.5, 0.6) is 0 Å². The Kier molecular flexibility index (Phi) is 8.87. The molecule has 1 aromatic heterocycles. The van der Waals surface area contributed by atoms with Crippen molar-refractivity contribution < 1.29 is 4.42 Å². The molecule has 0 N–H and O–H groups in total. The molecule has 0 saturated carbocycles. The van der Waals surface area contributed by atoms with E-state index in [1.165, 1.54) is 49.7 Å². The maximum atomic E-state index is 6.32. The van der Waals surface area contributed by atoms with Gasteiger partial charge in [0.2, 0.25) is 0 Å². The number of furan rings is 1. The lowest BCUT2D eigenvalue weighted by Crippen LogP contribution is -2.11. The first-order valence-corrected chi connectivity index (χ1v) is 20.5. The predicted molar refractivity (Wildman–Crippen MR) is 253 cm³/mol. The molecule has 0 fully saturated rings. The van der Waals surface area contributed by atoms with Crippen LogP contribution in [0.3, 0.4) is 0 Å². The van der Waals surface area contributed by atoms with E-state index in [1.807, 2.05) is 12.1 Å². The second-order valence-electron chi connectivity index (χ2n) is 15.2. The van der Waals surface area contributed by atoms with Crippen LogP contribution >= 0.6 is 0 Å². The normalized spacial score (nSPS) is 11.3. The number of hydrogen-bond donors (Lipinski definition) is 0. The van der Waals surface area contributed by atoms with Crippen molar-refractivity contribution >= 4 is 49.8 Å². The van der Waals surface area contributed by atoms with E-state index in [9.17, 15) is 0 Å². The molecule has 0 atom stereocenters. The average Bonchev–Trinajstić information content (AvgIpc) is 3.72. The lowest BCUT2D eigenvalue weighted by atomic mass is 9.89. The lowest BCUT2D eigenvalue weighted by Gasteiger charge is -2.28. The smallest absolute Gasteiger partial charge is 0.136 e. The van der Waals surface area contributed by atoms with Crippen LogP contribution in [0, 0.1) is 0 Å². The third kappa shape index (κ3) is 6.32. The number of para-hydroxylation sites is 2. The molecule has 10 aromatic carbocycles. The molecule has 1 heterocycles. The quantitative estimate of drug-likeness (QED) is 0.153. The summed E-state index contributed by atoms with van der Waals surface area (Å²) in [5.41, 5.74) is 16.9. The first kappa shape index (κ1) is 35.2. The van der Waals surface area contributed by atoms with Crippen molar-refractivity contribution in [2.24, 2.45) is 0 Å². The molecule has 0 amide bonds. The molecule has 0 spiro atoms. The molecule has 2 nitrogen and oxygen atoms in total. The molecular weight excluding hydrogens is 727 g/mol. The van der Waals surface area contributed by atoms with E-state index in [0.29, 0.717) is 0 Å². The lowest BCUT2D eigenvalue weighted by molar-refractivity contribution is 0.669. The van der Waals surface area contributed by atoms with Gasteiger partial charge in [0.25, 0.3) is 0 Å². The Morgan fingerprint density at radius 1 is 0.283 bits per heavy atom. The fraction of sp³-hybridized carbons (Fsp3) is 0. The van der Waals surface area contributed by atoms with Gasteiger partial charge in [0.15, 0.2) is 0 Å². The van der Waals surface area contributed by atoms with E-state index >= 15 is 0 Å². The van der Waals surface area contributed by atoms with Gasteiger partial charge in [-0.15, -0.1) is 0 Å². The minimum atomic E-state index is 0.897. The van der Waals surface area contributed by atoms with Crippen LogP contribution < -0.4 is 4.90 Å². The molecule has 0 aliphatic heterocycles. The second-order valence-corrected chi connectivity index (χ2v) is 15.2. The van der Waals surface area contributed by atoms with Crippen molar-refractivity contribution in [1.82, 2.24) is 0 Å². The van der Waals surface area contributed by atoms with E-state index in [1.54, 1.807) is 0 Å². The van der Waals surface area contributed by atoms with E-state index in [-0.39, 0.29) is 0 Å². The maximum absolute atomic E-state index is 6.32. The third-order valence-electron chi connectivity index (χ3n) is 11.7. The van der Waals surface area contributed by atoms with Gasteiger partial charge >= 0.3 is 0 Å². The summed E-state index contributed by atoms with van der Waals surface area (Å²) in [7, 11) is 0. The van der Waals surface area contributed by atoms with Crippen molar-refractivity contribution in [3.05, 3.63) is 237 Å². The largest absolute Gasteiger partial charge is 0.456 e. The summed E-state index contributed by atoms with van der Waals surface area (Å²) in [6.45, 7) is 0. The van der Waals surface area contributed by atoms with Gasteiger partial charge in [0, 0.05) is 27.7 Å². The minimum absolute atomic E-state index is 0.897. The van der Waals surface area contributed by atoms with Gasteiger partial charge in [-0.25, -0.2) is 0 Å². The van der Waals surface area contributed by atoms with Gasteiger partial charge in [-0.2, -0.15) is 0 Å². The van der Waals surface area contributed by atoms with Crippen molar-refractivity contribution in [2.45, 2.75) is 0 Å². The van der Waals surface area contributed by atoms with Crippen LogP contribution in [-0.4, -0.2) is 0 Å². The monoisotopic (exact) mass is 765 g/mol. The zero-order valence-corrected chi connectivity index (χ0v) is 32.9. The minimum Gasteiger partial charge on any atom is -0.456 e. The molecule has 0 bridgehead atoms. The highest BCUT2D eigenvalue weighted by Crippen LogP contribution is 2.44. The Bertz CT molecular complexity index is 3290. The van der Waals surface area contributed by atoms with Crippen LogP contribution in [0.1, 0.15) is 0 Å². The topological polar surface area (TPSA) is 16.4 Å². The van der Waals surface area contributed by atoms with Gasteiger partial charge in [0.1, 0.15) is 11.2 Å². The number of nitrogens with zero attached hydrogens (tertiary/aromatic N) is 1. The van der Waals surface area contributed by atoms with Gasteiger partial charge in [0.05, 0.1) is 5.69 Å². The molecule has 0 aliphatic carbocycles. The fourth-order valence-corrected chi connectivity index (χ4v) is 8.84. The SMILES string of the molecule is c1ccc(-c2cc(-c3ccc(N(c4ccc(-c5cccc6ccccc56)cc4)c4ccccc4-c4ccccc4)cc3)ccc2-c2cccc3oc4ccccc4c23)cc1. The van der Waals surface area contributed by atoms with Gasteiger partial charge in [-0.3, -0.25) is 0 Å². The molecule has 60 heavy (non-hydrogen) atoms. The van der Waals surface area contributed by atoms with E-state index in [0.717, 1.165) is 55.7 Å². The summed E-state index contributed by atoms with van der Waals surface area (Å²) < 4.78 is 6.32. The highest BCUT2D eigenvalue weighted by molar-refractivity contribution is 6.14. The van der Waals surface area contributed by atoms with Crippen LogP contribution in [0.4, 0.5) is 17.1 Å². The first-order chi connectivity index (χ1) is 29.8. The van der Waals surface area contributed by atoms with E-state index < -0.39 is 0 Å². The maximum Gasteiger partial charge on any atom is 0.136 e. The van der Waals surface area contributed by atoms with Crippen molar-refractivity contribution in [3.8, 4) is 55.6 Å². The summed E-state index contributed by atoms with van der Waals surface area (Å²) in [4.78, 5) is 2.38. The van der Waals surface area contributed by atoms with Gasteiger partial charge in [-0.1, -0.05) is 188 Å². The van der Waals surface area contributed by atoms with Gasteiger partial charge in [-0.05, 0) is 109 Å². The molecule has 11 rings (SSSR count). The van der Waals surface area contributed by atoms with Crippen molar-refractivity contribution in [1.29, 1.82) is 0 Å². The zero-order chi connectivity index (χ0) is 39.8. The standard InChI is InChI=1S/C58H39NO/c1-3-15-42(16-4-1)50-22-9-11-26-55(50)59(47-36-31-44(32-37-47)49-24-13-20-41-19-7-8-21-48(41)49)46-34-29-40(30-35-46)45-33-38-51(54(39-45)43-17-5-2-6-18-43)52-25-14-28-57-58(52)53-23-10-12-27-56(53)60-57/h1-39H. The third-order valence-corrected chi connectivity index (χ3v) is 11.7. The summed E-state index contributed by atoms with van der Waals surface area (Å²) in [5.74, 6) is 0. The highest BCUT2D eigenvalue weighted by Gasteiger charge is 2.19. The molecule has 0 radical (unpaired) electrons. The molecule has 0 unspecified atom stereocenters. The number of fused-ring (bicyclic) bond motifs is 4. The van der Waals surface area contributed by atoms with Crippen LogP contribution in [-0.2, 0) is 0 Å². The highest BCUT2D eigenvalue weighted by atomic mass is 16.3. The van der Waals surface area contributed by atoms with E-state index in [2.05, 4.69) is 229 Å². The number of benzene rings is 10. The van der Waals surface area contributed by atoms with Crippen LogP contribution in [0.15, 0.2) is 241 Å². The van der Waals surface area contributed by atoms with Crippen molar-refractivity contribution in [2.75, 3.05) is 4.90 Å². The Labute approximate surface area is 349 Å². The Morgan fingerprint density at radius 3 is 1.57 bits per heavy atom. The summed E-state index contributed by atoms with van der Waals surface area (Å²) in [6, 6.07) is 84.8. The fourth-order valence-electron chi connectivity index (χ4n) is 8.84. The average molecular weight is 766 g/mol. The predicted octanol–water partition coefficient (Wildman–Crippen LogP) is 16.5. The van der Waals surface area contributed by atoms with Crippen molar-refractivity contribution in [3.63, 3.8) is 0 Å². The van der Waals surface area contributed by atoms with Crippen LogP contribution in [0.25, 0.3) is 88.3 Å². The zero-order valence-electron chi connectivity index (χ0n) is 32.9. The van der Waals surface area contributed by atoms with Crippen LogP contribution in [0.2, 0.25) is 0 Å². The summed E-state index contributed by atoms with van der Waals surface area (Å²) in [5, 5.41) is 4.77. The molecule has 282 valence electrons.